The Morgan fingerprint density at radius 3 is 2.76 bits per heavy atom. The highest BCUT2D eigenvalue weighted by atomic mass is 35.5. The van der Waals surface area contributed by atoms with Gasteiger partial charge in [0.1, 0.15) is 0 Å². The lowest BCUT2D eigenvalue weighted by Gasteiger charge is -2.16. The van der Waals surface area contributed by atoms with Crippen molar-refractivity contribution in [2.24, 2.45) is 0 Å². The second-order valence-electron chi connectivity index (χ2n) is 6.25. The van der Waals surface area contributed by atoms with Crippen molar-refractivity contribution in [3.05, 3.63) is 47.6 Å². The Morgan fingerprint density at radius 1 is 1.28 bits per heavy atom. The number of ether oxygens (including phenoxy) is 2. The SMILES string of the molecule is C=CCc1cc(CNCCC2=CCCCC2)cc(OC)c1OCC.Cl. The summed E-state index contributed by atoms with van der Waals surface area (Å²) in [6.45, 7) is 8.35. The molecule has 0 aromatic heterocycles. The molecule has 0 bridgehead atoms. The molecule has 0 radical (unpaired) electrons. The zero-order chi connectivity index (χ0) is 17.2. The molecule has 1 aliphatic carbocycles. The maximum atomic E-state index is 5.77. The average molecular weight is 366 g/mol. The summed E-state index contributed by atoms with van der Waals surface area (Å²) in [7, 11) is 1.70. The van der Waals surface area contributed by atoms with E-state index in [1.165, 1.54) is 31.2 Å². The monoisotopic (exact) mass is 365 g/mol. The zero-order valence-electron chi connectivity index (χ0n) is 15.6. The Balaban J connectivity index is 0.00000312. The summed E-state index contributed by atoms with van der Waals surface area (Å²) in [5.74, 6) is 1.65. The first-order chi connectivity index (χ1) is 11.8. The summed E-state index contributed by atoms with van der Waals surface area (Å²) in [5, 5.41) is 3.56. The number of rotatable bonds is 10. The van der Waals surface area contributed by atoms with E-state index in [0.29, 0.717) is 6.61 Å². The molecular formula is C21H32ClNO2. The summed E-state index contributed by atoms with van der Waals surface area (Å²) in [5.41, 5.74) is 3.98. The molecule has 2 rings (SSSR count). The van der Waals surface area contributed by atoms with E-state index >= 15 is 0 Å². The van der Waals surface area contributed by atoms with Crippen molar-refractivity contribution in [3.63, 3.8) is 0 Å². The molecule has 1 aromatic rings. The molecular weight excluding hydrogens is 334 g/mol. The van der Waals surface area contributed by atoms with Crippen LogP contribution in [0, 0.1) is 0 Å². The van der Waals surface area contributed by atoms with Gasteiger partial charge in [0.05, 0.1) is 13.7 Å². The Hall–Kier alpha value is -1.45. The van der Waals surface area contributed by atoms with Crippen LogP contribution in [-0.4, -0.2) is 20.3 Å². The fourth-order valence-corrected chi connectivity index (χ4v) is 3.21. The van der Waals surface area contributed by atoms with Crippen LogP contribution in [-0.2, 0) is 13.0 Å². The number of hydrogen-bond acceptors (Lipinski definition) is 3. The van der Waals surface area contributed by atoms with Crippen molar-refractivity contribution in [1.29, 1.82) is 0 Å². The summed E-state index contributed by atoms with van der Waals surface area (Å²) >= 11 is 0. The van der Waals surface area contributed by atoms with E-state index in [-0.39, 0.29) is 12.4 Å². The van der Waals surface area contributed by atoms with E-state index in [1.54, 1.807) is 12.7 Å². The van der Waals surface area contributed by atoms with Gasteiger partial charge in [0, 0.05) is 12.1 Å². The summed E-state index contributed by atoms with van der Waals surface area (Å²) in [6, 6.07) is 4.27. The van der Waals surface area contributed by atoms with Crippen molar-refractivity contribution >= 4 is 12.4 Å². The minimum Gasteiger partial charge on any atom is -0.493 e. The van der Waals surface area contributed by atoms with Crippen LogP contribution in [0.5, 0.6) is 11.5 Å². The van der Waals surface area contributed by atoms with Crippen LogP contribution < -0.4 is 14.8 Å². The standard InChI is InChI=1S/C21H31NO2.ClH/c1-4-9-19-14-18(15-20(23-3)21(19)24-5-2)16-22-13-12-17-10-7-6-8-11-17;/h4,10,14-15,22H,1,5-9,11-13,16H2,2-3H3;1H. The molecule has 0 spiro atoms. The third kappa shape index (κ3) is 6.75. The van der Waals surface area contributed by atoms with Gasteiger partial charge in [0.25, 0.3) is 0 Å². The Morgan fingerprint density at radius 2 is 2.12 bits per heavy atom. The van der Waals surface area contributed by atoms with Crippen molar-refractivity contribution in [3.8, 4) is 11.5 Å². The van der Waals surface area contributed by atoms with Crippen LogP contribution in [0.4, 0.5) is 0 Å². The normalized spacial score (nSPS) is 13.6. The molecule has 1 aromatic carbocycles. The fraction of sp³-hybridized carbons (Fsp3) is 0.524. The molecule has 140 valence electrons. The first kappa shape index (κ1) is 21.6. The van der Waals surface area contributed by atoms with Gasteiger partial charge >= 0.3 is 0 Å². The maximum absolute atomic E-state index is 5.77. The Bertz CT molecular complexity index is 569. The van der Waals surface area contributed by atoms with Crippen LogP contribution in [0.25, 0.3) is 0 Å². The van der Waals surface area contributed by atoms with E-state index in [0.717, 1.165) is 43.0 Å². The van der Waals surface area contributed by atoms with Crippen molar-refractivity contribution in [2.75, 3.05) is 20.3 Å². The minimum atomic E-state index is 0. The van der Waals surface area contributed by atoms with Gasteiger partial charge in [-0.25, -0.2) is 0 Å². The predicted molar refractivity (Wildman–Crippen MR) is 108 cm³/mol. The van der Waals surface area contributed by atoms with Crippen molar-refractivity contribution < 1.29 is 9.47 Å². The first-order valence-electron chi connectivity index (χ1n) is 9.10. The number of methoxy groups -OCH3 is 1. The number of nitrogens with one attached hydrogen (secondary N) is 1. The van der Waals surface area contributed by atoms with Crippen LogP contribution >= 0.6 is 12.4 Å². The van der Waals surface area contributed by atoms with Crippen LogP contribution in [0.1, 0.15) is 50.2 Å². The number of halogens is 1. The lowest BCUT2D eigenvalue weighted by Crippen LogP contribution is -2.16. The van der Waals surface area contributed by atoms with Gasteiger partial charge in [0.2, 0.25) is 0 Å². The highest BCUT2D eigenvalue weighted by Gasteiger charge is 2.12. The van der Waals surface area contributed by atoms with Gasteiger partial charge in [-0.05, 0) is 63.6 Å². The van der Waals surface area contributed by atoms with E-state index in [2.05, 4.69) is 30.1 Å². The molecule has 0 aliphatic heterocycles. The summed E-state index contributed by atoms with van der Waals surface area (Å²) < 4.78 is 11.3. The summed E-state index contributed by atoms with van der Waals surface area (Å²) in [4.78, 5) is 0. The molecule has 0 saturated carbocycles. The largest absolute Gasteiger partial charge is 0.493 e. The smallest absolute Gasteiger partial charge is 0.164 e. The average Bonchev–Trinajstić information content (AvgIpc) is 2.61. The van der Waals surface area contributed by atoms with Gasteiger partial charge in [-0.1, -0.05) is 23.8 Å². The predicted octanol–water partition coefficient (Wildman–Crippen LogP) is 5.22. The Labute approximate surface area is 158 Å². The van der Waals surface area contributed by atoms with Gasteiger partial charge in [-0.3, -0.25) is 0 Å². The zero-order valence-corrected chi connectivity index (χ0v) is 16.4. The molecule has 1 N–H and O–H groups in total. The highest BCUT2D eigenvalue weighted by molar-refractivity contribution is 5.85. The van der Waals surface area contributed by atoms with E-state index < -0.39 is 0 Å². The molecule has 3 nitrogen and oxygen atoms in total. The molecule has 25 heavy (non-hydrogen) atoms. The lowest BCUT2D eigenvalue weighted by atomic mass is 9.97. The van der Waals surface area contributed by atoms with Crippen LogP contribution in [0.2, 0.25) is 0 Å². The Kier molecular flexibility index (Phi) is 10.4. The number of benzene rings is 1. The topological polar surface area (TPSA) is 30.5 Å². The summed E-state index contributed by atoms with van der Waals surface area (Å²) in [6.07, 6.45) is 11.5. The minimum absolute atomic E-state index is 0. The molecule has 0 saturated heterocycles. The molecule has 0 atom stereocenters. The van der Waals surface area contributed by atoms with Crippen molar-refractivity contribution in [2.45, 2.75) is 52.0 Å². The number of allylic oxidation sites excluding steroid dienone is 2. The fourth-order valence-electron chi connectivity index (χ4n) is 3.21. The molecule has 0 fully saturated rings. The third-order valence-corrected chi connectivity index (χ3v) is 4.40. The number of hydrogen-bond donors (Lipinski definition) is 1. The first-order valence-corrected chi connectivity index (χ1v) is 9.10. The van der Waals surface area contributed by atoms with Crippen LogP contribution in [0.3, 0.4) is 0 Å². The molecule has 4 heteroatoms. The molecule has 0 heterocycles. The second-order valence-corrected chi connectivity index (χ2v) is 6.25. The van der Waals surface area contributed by atoms with E-state index in [9.17, 15) is 0 Å². The quantitative estimate of drug-likeness (QED) is 0.455. The highest BCUT2D eigenvalue weighted by Crippen LogP contribution is 2.33. The van der Waals surface area contributed by atoms with Crippen molar-refractivity contribution in [1.82, 2.24) is 5.32 Å². The van der Waals surface area contributed by atoms with Gasteiger partial charge in [-0.2, -0.15) is 0 Å². The van der Waals surface area contributed by atoms with Crippen LogP contribution in [0.15, 0.2) is 36.4 Å². The lowest BCUT2D eigenvalue weighted by molar-refractivity contribution is 0.308. The van der Waals surface area contributed by atoms with Gasteiger partial charge < -0.3 is 14.8 Å². The molecule has 0 unspecified atom stereocenters. The molecule has 1 aliphatic rings. The van der Waals surface area contributed by atoms with Gasteiger partial charge in [0.15, 0.2) is 11.5 Å². The third-order valence-electron chi connectivity index (χ3n) is 4.40. The van der Waals surface area contributed by atoms with E-state index in [4.69, 9.17) is 9.47 Å². The van der Waals surface area contributed by atoms with E-state index in [1.807, 2.05) is 13.0 Å². The maximum Gasteiger partial charge on any atom is 0.164 e. The van der Waals surface area contributed by atoms with Gasteiger partial charge in [-0.15, -0.1) is 19.0 Å². The molecule has 0 amide bonds. The second kappa shape index (κ2) is 12.0.